The van der Waals surface area contributed by atoms with E-state index in [1.54, 1.807) is 0 Å². The first-order valence-corrected chi connectivity index (χ1v) is 4.96. The summed E-state index contributed by atoms with van der Waals surface area (Å²) >= 11 is 2.04. The number of hydrogen-bond acceptors (Lipinski definition) is 2. The Bertz CT molecular complexity index is 89.8. The molecule has 2 unspecified atom stereocenters. The molecular formula is C8H13OS. The number of ether oxygens (including phenoxy) is 1. The predicted molar refractivity (Wildman–Crippen MR) is 43.8 cm³/mol. The molecular weight excluding hydrogens is 144 g/mol. The van der Waals surface area contributed by atoms with Crippen molar-refractivity contribution in [2.24, 2.45) is 5.92 Å². The fourth-order valence-corrected chi connectivity index (χ4v) is 2.89. The van der Waals surface area contributed by atoms with Gasteiger partial charge in [0.15, 0.2) is 0 Å². The molecule has 0 aliphatic carbocycles. The van der Waals surface area contributed by atoms with Gasteiger partial charge in [-0.05, 0) is 25.2 Å². The summed E-state index contributed by atoms with van der Waals surface area (Å²) in [5.74, 6) is 3.23. The quantitative estimate of drug-likeness (QED) is 0.532. The lowest BCUT2D eigenvalue weighted by Crippen LogP contribution is -2.31. The molecule has 1 nitrogen and oxygen atoms in total. The predicted octanol–water partition coefficient (Wildman–Crippen LogP) is 2.08. The van der Waals surface area contributed by atoms with Gasteiger partial charge in [0.1, 0.15) is 0 Å². The summed E-state index contributed by atoms with van der Waals surface area (Å²) in [7, 11) is 0. The van der Waals surface area contributed by atoms with Gasteiger partial charge in [-0.15, -0.1) is 0 Å². The van der Waals surface area contributed by atoms with Crippen molar-refractivity contribution in [3.8, 4) is 0 Å². The first-order valence-electron chi connectivity index (χ1n) is 4.02. The van der Waals surface area contributed by atoms with Crippen molar-refractivity contribution >= 4 is 11.8 Å². The van der Waals surface area contributed by atoms with E-state index in [4.69, 9.17) is 4.74 Å². The lowest BCUT2D eigenvalue weighted by molar-refractivity contribution is 0.0549. The van der Waals surface area contributed by atoms with Gasteiger partial charge in [0, 0.05) is 17.6 Å². The van der Waals surface area contributed by atoms with Crippen LogP contribution in [0.5, 0.6) is 0 Å². The Kier molecular flexibility index (Phi) is 2.19. The molecule has 0 bridgehead atoms. The molecule has 0 aromatic carbocycles. The van der Waals surface area contributed by atoms with Crippen molar-refractivity contribution in [3.05, 3.63) is 5.75 Å². The smallest absolute Gasteiger partial charge is 0.0504 e. The van der Waals surface area contributed by atoms with E-state index in [-0.39, 0.29) is 0 Å². The van der Waals surface area contributed by atoms with E-state index in [0.29, 0.717) is 0 Å². The molecule has 2 fully saturated rings. The minimum atomic E-state index is 0.865. The molecule has 10 heavy (non-hydrogen) atoms. The number of fused-ring (bicyclic) bond motifs is 1. The Labute approximate surface area is 66.5 Å². The molecule has 57 valence electrons. The van der Waals surface area contributed by atoms with Crippen LogP contribution in [-0.4, -0.2) is 18.5 Å². The third-order valence-corrected chi connectivity index (χ3v) is 3.73. The maximum absolute atomic E-state index is 5.41. The molecule has 0 N–H and O–H groups in total. The zero-order valence-corrected chi connectivity index (χ0v) is 6.90. The Morgan fingerprint density at radius 1 is 1.40 bits per heavy atom. The average Bonchev–Trinajstić information content (AvgIpc) is 2.05. The van der Waals surface area contributed by atoms with Crippen LogP contribution < -0.4 is 0 Å². The van der Waals surface area contributed by atoms with Gasteiger partial charge in [0.25, 0.3) is 0 Å². The summed E-state index contributed by atoms with van der Waals surface area (Å²) < 4.78 is 5.41. The molecule has 0 aromatic heterocycles. The van der Waals surface area contributed by atoms with E-state index < -0.39 is 0 Å². The van der Waals surface area contributed by atoms with Gasteiger partial charge in [-0.1, -0.05) is 0 Å². The summed E-state index contributed by atoms with van der Waals surface area (Å²) in [6.45, 7) is 2.01. The van der Waals surface area contributed by atoms with E-state index in [9.17, 15) is 0 Å². The van der Waals surface area contributed by atoms with Crippen LogP contribution in [0.1, 0.15) is 19.3 Å². The molecule has 0 saturated carbocycles. The summed E-state index contributed by atoms with van der Waals surface area (Å²) in [4.78, 5) is 0. The van der Waals surface area contributed by atoms with Crippen molar-refractivity contribution in [1.29, 1.82) is 0 Å². The van der Waals surface area contributed by atoms with Crippen LogP contribution in [0, 0.1) is 11.7 Å². The van der Waals surface area contributed by atoms with Gasteiger partial charge in [-0.25, -0.2) is 0 Å². The second kappa shape index (κ2) is 3.14. The third kappa shape index (κ3) is 1.32. The third-order valence-electron chi connectivity index (χ3n) is 2.33. The van der Waals surface area contributed by atoms with Gasteiger partial charge in [-0.2, -0.15) is 11.8 Å². The summed E-state index contributed by atoms with van der Waals surface area (Å²) in [5.41, 5.74) is 0. The Hall–Kier alpha value is 0.310. The van der Waals surface area contributed by atoms with E-state index in [1.807, 2.05) is 11.8 Å². The van der Waals surface area contributed by atoms with Crippen LogP contribution in [0.2, 0.25) is 0 Å². The van der Waals surface area contributed by atoms with E-state index >= 15 is 0 Å². The van der Waals surface area contributed by atoms with Gasteiger partial charge in [0.2, 0.25) is 0 Å². The van der Waals surface area contributed by atoms with Crippen LogP contribution in [0.25, 0.3) is 0 Å². The van der Waals surface area contributed by atoms with Crippen molar-refractivity contribution in [3.63, 3.8) is 0 Å². The fraction of sp³-hybridized carbons (Fsp3) is 0.875. The molecule has 2 saturated heterocycles. The van der Waals surface area contributed by atoms with Gasteiger partial charge in [-0.3, -0.25) is 0 Å². The van der Waals surface area contributed by atoms with E-state index in [0.717, 1.165) is 24.4 Å². The van der Waals surface area contributed by atoms with Gasteiger partial charge in [0.05, 0.1) is 6.61 Å². The second-order valence-corrected chi connectivity index (χ2v) is 4.25. The molecule has 0 spiro atoms. The molecule has 0 amide bonds. The summed E-state index contributed by atoms with van der Waals surface area (Å²) in [6, 6.07) is 0. The van der Waals surface area contributed by atoms with Gasteiger partial charge >= 0.3 is 0 Å². The highest BCUT2D eigenvalue weighted by molar-refractivity contribution is 8.01. The lowest BCUT2D eigenvalue weighted by atomic mass is 9.96. The molecule has 0 aromatic rings. The zero-order valence-electron chi connectivity index (χ0n) is 6.08. The highest BCUT2D eigenvalue weighted by Crippen LogP contribution is 2.37. The number of rotatable bonds is 0. The monoisotopic (exact) mass is 157 g/mol. The fourth-order valence-electron chi connectivity index (χ4n) is 1.70. The van der Waals surface area contributed by atoms with Crippen LogP contribution in [-0.2, 0) is 4.74 Å². The molecule has 2 aliphatic rings. The second-order valence-electron chi connectivity index (χ2n) is 3.04. The van der Waals surface area contributed by atoms with E-state index in [1.165, 1.54) is 19.3 Å². The molecule has 2 aliphatic heterocycles. The number of hydrogen-bond donors (Lipinski definition) is 0. The first kappa shape index (κ1) is 6.99. The molecule has 2 atom stereocenters. The zero-order chi connectivity index (χ0) is 6.81. The Morgan fingerprint density at radius 2 is 2.40 bits per heavy atom. The lowest BCUT2D eigenvalue weighted by Gasteiger charge is -2.34. The maximum Gasteiger partial charge on any atom is 0.0504 e. The minimum Gasteiger partial charge on any atom is -0.381 e. The normalized spacial score (nSPS) is 40.8. The Balaban J connectivity index is 1.93. The van der Waals surface area contributed by atoms with Gasteiger partial charge < -0.3 is 4.74 Å². The molecule has 2 heteroatoms. The standard InChI is InChI=1S/C8H13OS/c1-2-7-6-9-4-3-8(7)10-5-1/h5,7-8H,1-4,6H2. The Morgan fingerprint density at radius 3 is 3.30 bits per heavy atom. The average molecular weight is 157 g/mol. The van der Waals surface area contributed by atoms with Crippen LogP contribution in [0.15, 0.2) is 0 Å². The highest BCUT2D eigenvalue weighted by atomic mass is 32.2. The largest absolute Gasteiger partial charge is 0.381 e. The molecule has 1 radical (unpaired) electrons. The SMILES string of the molecule is [CH]1CCC2COCCC2S1. The van der Waals surface area contributed by atoms with Crippen LogP contribution >= 0.6 is 11.8 Å². The minimum absolute atomic E-state index is 0.865. The number of thioether (sulfide) groups is 1. The first-order chi connectivity index (χ1) is 4.97. The van der Waals surface area contributed by atoms with E-state index in [2.05, 4.69) is 5.75 Å². The van der Waals surface area contributed by atoms with Crippen molar-refractivity contribution < 1.29 is 4.74 Å². The van der Waals surface area contributed by atoms with Crippen molar-refractivity contribution in [1.82, 2.24) is 0 Å². The van der Waals surface area contributed by atoms with Crippen LogP contribution in [0.4, 0.5) is 0 Å². The summed E-state index contributed by atoms with van der Waals surface area (Å²) in [5, 5.41) is 0.891. The molecule has 2 heterocycles. The van der Waals surface area contributed by atoms with Crippen molar-refractivity contribution in [2.45, 2.75) is 24.5 Å². The molecule has 2 rings (SSSR count). The van der Waals surface area contributed by atoms with Crippen LogP contribution in [0.3, 0.4) is 0 Å². The van der Waals surface area contributed by atoms with Crippen molar-refractivity contribution in [2.75, 3.05) is 13.2 Å². The topological polar surface area (TPSA) is 9.23 Å². The summed E-state index contributed by atoms with van der Waals surface area (Å²) in [6.07, 6.45) is 3.92. The maximum atomic E-state index is 5.41. The highest BCUT2D eigenvalue weighted by Gasteiger charge is 2.28.